The van der Waals surface area contributed by atoms with Crippen LogP contribution in [0, 0.1) is 13.8 Å². The van der Waals surface area contributed by atoms with Crippen LogP contribution in [0.2, 0.25) is 0 Å². The Balaban J connectivity index is 2.94. The Morgan fingerprint density at radius 2 is 1.80 bits per heavy atom. The third-order valence-corrected chi connectivity index (χ3v) is 3.45. The molecule has 0 saturated heterocycles. The Hall–Kier alpha value is -2.19. The number of aryl methyl sites for hydroxylation is 2. The Kier molecular flexibility index (Phi) is 6.50. The molecular formula is C16H19F5N2O2. The van der Waals surface area contributed by atoms with Crippen LogP contribution in [-0.2, 0) is 4.74 Å². The lowest BCUT2D eigenvalue weighted by Gasteiger charge is -2.19. The zero-order valence-corrected chi connectivity index (χ0v) is 14.2. The van der Waals surface area contributed by atoms with Gasteiger partial charge in [0, 0.05) is 13.6 Å². The molecule has 0 spiro atoms. The third-order valence-electron chi connectivity index (χ3n) is 3.45. The fourth-order valence-corrected chi connectivity index (χ4v) is 1.72. The molecular weight excluding hydrogens is 347 g/mol. The second kappa shape index (κ2) is 7.79. The van der Waals surface area contributed by atoms with E-state index in [9.17, 15) is 26.7 Å². The minimum Gasteiger partial charge on any atom is -0.455 e. The smallest absolute Gasteiger partial charge is 0.455 e. The number of hydrogen-bond acceptors (Lipinski definition) is 3. The number of esters is 1. The van der Waals surface area contributed by atoms with Crippen LogP contribution in [0.4, 0.5) is 27.6 Å². The van der Waals surface area contributed by atoms with Crippen molar-refractivity contribution in [3.63, 3.8) is 0 Å². The maximum absolute atomic E-state index is 12.8. The quantitative estimate of drug-likeness (QED) is 0.327. The summed E-state index contributed by atoms with van der Waals surface area (Å²) in [6.07, 6.45) is -4.19. The number of aliphatic imine (C=N–C) groups is 1. The largest absolute Gasteiger partial charge is 0.456 e. The Labute approximate surface area is 142 Å². The monoisotopic (exact) mass is 366 g/mol. The van der Waals surface area contributed by atoms with E-state index < -0.39 is 24.7 Å². The van der Waals surface area contributed by atoms with E-state index in [0.29, 0.717) is 16.8 Å². The highest BCUT2D eigenvalue weighted by Gasteiger charge is 2.58. The van der Waals surface area contributed by atoms with Crippen LogP contribution in [0.1, 0.15) is 28.4 Å². The van der Waals surface area contributed by atoms with Crippen molar-refractivity contribution in [1.29, 1.82) is 0 Å². The molecule has 0 fully saturated rings. The minimum atomic E-state index is -5.78. The van der Waals surface area contributed by atoms with E-state index >= 15 is 0 Å². The molecule has 1 rings (SSSR count). The average molecular weight is 366 g/mol. The second-order valence-corrected chi connectivity index (χ2v) is 5.55. The van der Waals surface area contributed by atoms with Crippen LogP contribution < -0.4 is 0 Å². The fourth-order valence-electron chi connectivity index (χ4n) is 1.72. The molecule has 0 unspecified atom stereocenters. The lowest BCUT2D eigenvalue weighted by atomic mass is 10.0. The van der Waals surface area contributed by atoms with E-state index in [1.54, 1.807) is 13.3 Å². The summed E-state index contributed by atoms with van der Waals surface area (Å²) in [5, 5.41) is 0. The summed E-state index contributed by atoms with van der Waals surface area (Å²) >= 11 is 0. The number of rotatable bonds is 6. The maximum Gasteiger partial charge on any atom is 0.456 e. The normalized spacial score (nSPS) is 12.5. The highest BCUT2D eigenvalue weighted by molar-refractivity contribution is 5.92. The van der Waals surface area contributed by atoms with Crippen molar-refractivity contribution in [3.05, 3.63) is 28.8 Å². The molecule has 140 valence electrons. The predicted molar refractivity (Wildman–Crippen MR) is 83.7 cm³/mol. The van der Waals surface area contributed by atoms with E-state index in [1.165, 1.54) is 19.1 Å². The number of halogens is 5. The summed E-state index contributed by atoms with van der Waals surface area (Å²) in [5.74, 6) is -6.34. The maximum atomic E-state index is 12.8. The van der Waals surface area contributed by atoms with Crippen molar-refractivity contribution in [1.82, 2.24) is 4.90 Å². The average Bonchev–Trinajstić information content (AvgIpc) is 2.51. The molecule has 4 nitrogen and oxygen atoms in total. The first-order valence-corrected chi connectivity index (χ1v) is 7.36. The van der Waals surface area contributed by atoms with Crippen LogP contribution in [0.15, 0.2) is 17.1 Å². The lowest BCUT2D eigenvalue weighted by molar-refractivity contribution is -0.292. The molecule has 0 N–H and O–H groups in total. The van der Waals surface area contributed by atoms with E-state index in [2.05, 4.69) is 9.73 Å². The molecule has 0 aromatic heterocycles. The summed E-state index contributed by atoms with van der Waals surface area (Å²) in [4.78, 5) is 17.9. The van der Waals surface area contributed by atoms with Crippen molar-refractivity contribution in [2.75, 3.05) is 20.2 Å². The number of benzene rings is 1. The number of alkyl halides is 5. The van der Waals surface area contributed by atoms with Crippen molar-refractivity contribution in [2.45, 2.75) is 32.9 Å². The summed E-state index contributed by atoms with van der Waals surface area (Å²) < 4.78 is 66.1. The summed E-state index contributed by atoms with van der Waals surface area (Å²) in [6.45, 7) is 3.76. The molecule has 0 bridgehead atoms. The third kappa shape index (κ3) is 5.40. The first kappa shape index (κ1) is 20.9. The zero-order valence-electron chi connectivity index (χ0n) is 14.2. The number of carbonyl (C=O) groups is 1. The van der Waals surface area contributed by atoms with Gasteiger partial charge in [0.25, 0.3) is 0 Å². The van der Waals surface area contributed by atoms with Crippen LogP contribution in [0.3, 0.4) is 0 Å². The van der Waals surface area contributed by atoms with Gasteiger partial charge in [-0.3, -0.25) is 0 Å². The first-order chi connectivity index (χ1) is 11.4. The van der Waals surface area contributed by atoms with Gasteiger partial charge in [-0.2, -0.15) is 22.0 Å². The van der Waals surface area contributed by atoms with E-state index in [4.69, 9.17) is 0 Å². The number of hydrogen-bond donors (Lipinski definition) is 0. The number of ether oxygens (including phenoxy) is 1. The second-order valence-electron chi connectivity index (χ2n) is 5.55. The van der Waals surface area contributed by atoms with Crippen molar-refractivity contribution < 1.29 is 31.5 Å². The van der Waals surface area contributed by atoms with Gasteiger partial charge in [0.15, 0.2) is 6.61 Å². The van der Waals surface area contributed by atoms with Gasteiger partial charge < -0.3 is 9.64 Å². The molecule has 0 aliphatic rings. The minimum absolute atomic E-state index is 0.0849. The van der Waals surface area contributed by atoms with Gasteiger partial charge in [0.1, 0.15) is 0 Å². The molecule has 1 aromatic rings. The predicted octanol–water partition coefficient (Wildman–Crippen LogP) is 4.27. The van der Waals surface area contributed by atoms with Gasteiger partial charge in [-0.1, -0.05) is 0 Å². The molecule has 1 aromatic carbocycles. The van der Waals surface area contributed by atoms with Crippen molar-refractivity contribution in [2.24, 2.45) is 4.99 Å². The molecule has 0 saturated carbocycles. The summed E-state index contributed by atoms with van der Waals surface area (Å²) in [6, 6.07) is 2.88. The summed E-state index contributed by atoms with van der Waals surface area (Å²) in [7, 11) is 1.82. The van der Waals surface area contributed by atoms with Gasteiger partial charge in [0.2, 0.25) is 0 Å². The first-order valence-electron chi connectivity index (χ1n) is 7.36. The van der Waals surface area contributed by atoms with Gasteiger partial charge in [-0.25, -0.2) is 9.79 Å². The molecule has 0 heterocycles. The molecule has 0 amide bonds. The molecule has 0 aliphatic carbocycles. The van der Waals surface area contributed by atoms with E-state index in [1.807, 2.05) is 18.9 Å². The lowest BCUT2D eigenvalue weighted by Crippen LogP contribution is -2.41. The number of carbonyl (C=O) groups excluding carboxylic acids is 1. The standard InChI is InChI=1S/C16H19F5N2O2/c1-5-23(4)9-22-13-7-10(2)12(6-11(13)3)14(24)25-8-15(17,18)16(19,20)21/h6-7,9H,5,8H2,1-4H3. The van der Waals surface area contributed by atoms with Crippen LogP contribution in [0.25, 0.3) is 0 Å². The van der Waals surface area contributed by atoms with Crippen molar-refractivity contribution in [3.8, 4) is 0 Å². The van der Waals surface area contributed by atoms with Gasteiger partial charge in [0.05, 0.1) is 17.6 Å². The molecule has 25 heavy (non-hydrogen) atoms. The van der Waals surface area contributed by atoms with Gasteiger partial charge >= 0.3 is 18.1 Å². The van der Waals surface area contributed by atoms with E-state index in [-0.39, 0.29) is 5.56 Å². The van der Waals surface area contributed by atoms with Gasteiger partial charge in [-0.05, 0) is 44.0 Å². The van der Waals surface area contributed by atoms with Gasteiger partial charge in [-0.15, -0.1) is 0 Å². The van der Waals surface area contributed by atoms with Crippen LogP contribution in [0.5, 0.6) is 0 Å². The fraction of sp³-hybridized carbons (Fsp3) is 0.500. The van der Waals surface area contributed by atoms with Crippen molar-refractivity contribution >= 4 is 18.0 Å². The highest BCUT2D eigenvalue weighted by Crippen LogP contribution is 2.35. The van der Waals surface area contributed by atoms with Crippen LogP contribution in [-0.4, -0.2) is 49.5 Å². The Morgan fingerprint density at radius 1 is 1.20 bits per heavy atom. The highest BCUT2D eigenvalue weighted by atomic mass is 19.4. The zero-order chi connectivity index (χ0) is 19.4. The number of nitrogens with zero attached hydrogens (tertiary/aromatic N) is 2. The molecule has 0 aliphatic heterocycles. The van der Waals surface area contributed by atoms with Crippen LogP contribution >= 0.6 is 0 Å². The van der Waals surface area contributed by atoms with E-state index in [0.717, 1.165) is 6.54 Å². The Morgan fingerprint density at radius 3 is 2.32 bits per heavy atom. The SMILES string of the molecule is CCN(C)C=Nc1cc(C)c(C(=O)OCC(F)(F)C(F)(F)F)cc1C. The topological polar surface area (TPSA) is 41.9 Å². The summed E-state index contributed by atoms with van der Waals surface area (Å²) in [5.41, 5.74) is 1.38. The Bertz CT molecular complexity index is 657. The molecule has 0 radical (unpaired) electrons. The molecule has 0 atom stereocenters. The molecule has 9 heteroatoms.